The molecular formula is C12H28O2Si. The molecule has 0 aliphatic rings. The lowest BCUT2D eigenvalue weighted by Gasteiger charge is -2.34. The molecule has 0 spiro atoms. The molecule has 1 N–H and O–H groups in total. The average Bonchev–Trinajstić information content (AvgIpc) is 1.98. The van der Waals surface area contributed by atoms with Crippen molar-refractivity contribution in [3.63, 3.8) is 0 Å². The lowest BCUT2D eigenvalue weighted by molar-refractivity contribution is -0.109. The van der Waals surface area contributed by atoms with E-state index in [-0.39, 0.29) is 5.41 Å². The molecule has 15 heavy (non-hydrogen) atoms. The summed E-state index contributed by atoms with van der Waals surface area (Å²) in [6.45, 7) is 15.0. The third-order valence-corrected chi connectivity index (χ3v) is 3.39. The Morgan fingerprint density at radius 2 is 1.53 bits per heavy atom. The predicted octanol–water partition coefficient (Wildman–Crippen LogP) is 3.16. The highest BCUT2D eigenvalue weighted by Gasteiger charge is 2.30. The van der Waals surface area contributed by atoms with Crippen molar-refractivity contribution in [1.29, 1.82) is 0 Å². The van der Waals surface area contributed by atoms with E-state index in [9.17, 15) is 5.11 Å². The SMILES string of the molecule is C[SiH](C)OC(O)C(C)(C)CCC(C)(C)C. The van der Waals surface area contributed by atoms with Gasteiger partial charge in [-0.15, -0.1) is 0 Å². The number of rotatable bonds is 5. The van der Waals surface area contributed by atoms with Crippen molar-refractivity contribution in [2.45, 2.75) is 66.8 Å². The Kier molecular flexibility index (Phi) is 5.51. The molecule has 1 unspecified atom stereocenters. The zero-order valence-electron chi connectivity index (χ0n) is 11.4. The van der Waals surface area contributed by atoms with Gasteiger partial charge in [-0.2, -0.15) is 0 Å². The summed E-state index contributed by atoms with van der Waals surface area (Å²) in [6.07, 6.45) is 1.50. The maximum atomic E-state index is 9.96. The van der Waals surface area contributed by atoms with Gasteiger partial charge in [0.25, 0.3) is 0 Å². The van der Waals surface area contributed by atoms with Gasteiger partial charge in [-0.3, -0.25) is 0 Å². The molecule has 0 rings (SSSR count). The van der Waals surface area contributed by atoms with Crippen molar-refractivity contribution < 1.29 is 9.53 Å². The van der Waals surface area contributed by atoms with Crippen LogP contribution in [0.15, 0.2) is 0 Å². The van der Waals surface area contributed by atoms with Gasteiger partial charge in [-0.25, -0.2) is 0 Å². The van der Waals surface area contributed by atoms with E-state index in [1.165, 1.54) is 0 Å². The van der Waals surface area contributed by atoms with Gasteiger partial charge in [0.15, 0.2) is 9.04 Å². The molecule has 0 aromatic heterocycles. The zero-order chi connectivity index (χ0) is 12.3. The number of aliphatic hydroxyl groups is 1. The first-order valence-corrected chi connectivity index (χ1v) is 8.66. The zero-order valence-corrected chi connectivity index (χ0v) is 12.6. The normalized spacial score (nSPS) is 15.8. The molecule has 0 saturated carbocycles. The van der Waals surface area contributed by atoms with Gasteiger partial charge >= 0.3 is 0 Å². The minimum absolute atomic E-state index is 0.134. The van der Waals surface area contributed by atoms with E-state index in [2.05, 4.69) is 47.7 Å². The van der Waals surface area contributed by atoms with E-state index in [0.29, 0.717) is 5.41 Å². The van der Waals surface area contributed by atoms with Crippen LogP contribution in [0.25, 0.3) is 0 Å². The summed E-state index contributed by atoms with van der Waals surface area (Å²) in [7, 11) is -1.15. The molecule has 1 atom stereocenters. The van der Waals surface area contributed by atoms with Crippen molar-refractivity contribution in [2.75, 3.05) is 0 Å². The standard InChI is InChI=1S/C12H28O2Si/c1-11(2,3)8-9-12(4,5)10(13)14-15(6)7/h10,13,15H,8-9H2,1-7H3. The Morgan fingerprint density at radius 1 is 1.07 bits per heavy atom. The molecular weight excluding hydrogens is 204 g/mol. The maximum absolute atomic E-state index is 9.96. The van der Waals surface area contributed by atoms with Crippen LogP contribution in [-0.4, -0.2) is 20.4 Å². The van der Waals surface area contributed by atoms with Crippen LogP contribution >= 0.6 is 0 Å². The van der Waals surface area contributed by atoms with E-state index in [0.717, 1.165) is 12.8 Å². The fourth-order valence-electron chi connectivity index (χ4n) is 1.26. The summed E-state index contributed by atoms with van der Waals surface area (Å²) in [6, 6.07) is 0. The van der Waals surface area contributed by atoms with Crippen molar-refractivity contribution in [1.82, 2.24) is 0 Å². The van der Waals surface area contributed by atoms with Crippen LogP contribution in [0, 0.1) is 10.8 Å². The summed E-state index contributed by atoms with van der Waals surface area (Å²) in [4.78, 5) is 0. The minimum atomic E-state index is -1.15. The molecule has 0 aliphatic carbocycles. The second-order valence-corrected chi connectivity index (χ2v) is 8.96. The van der Waals surface area contributed by atoms with Gasteiger partial charge in [0, 0.05) is 5.41 Å². The molecule has 92 valence electrons. The summed E-state index contributed by atoms with van der Waals surface area (Å²) < 4.78 is 5.57. The highest BCUT2D eigenvalue weighted by atomic mass is 28.3. The molecule has 0 bridgehead atoms. The van der Waals surface area contributed by atoms with Gasteiger partial charge in [-0.05, 0) is 31.4 Å². The first kappa shape index (κ1) is 15.1. The first-order chi connectivity index (χ1) is 6.54. The molecule has 0 aromatic rings. The quantitative estimate of drug-likeness (QED) is 0.583. The molecule has 0 saturated heterocycles. The smallest absolute Gasteiger partial charge is 0.174 e. The summed E-state index contributed by atoms with van der Waals surface area (Å²) in [5.41, 5.74) is 0.191. The van der Waals surface area contributed by atoms with Crippen molar-refractivity contribution in [3.8, 4) is 0 Å². The summed E-state index contributed by atoms with van der Waals surface area (Å²) in [5.74, 6) is 0. The van der Waals surface area contributed by atoms with Crippen molar-refractivity contribution in [2.24, 2.45) is 10.8 Å². The summed E-state index contributed by atoms with van der Waals surface area (Å²) >= 11 is 0. The van der Waals surface area contributed by atoms with Crippen molar-refractivity contribution in [3.05, 3.63) is 0 Å². The monoisotopic (exact) mass is 232 g/mol. The van der Waals surface area contributed by atoms with Gasteiger partial charge in [0.1, 0.15) is 6.29 Å². The molecule has 0 heterocycles. The Bertz CT molecular complexity index is 183. The van der Waals surface area contributed by atoms with Gasteiger partial charge < -0.3 is 9.53 Å². The highest BCUT2D eigenvalue weighted by molar-refractivity contribution is 6.48. The lowest BCUT2D eigenvalue weighted by Crippen LogP contribution is -2.35. The number of aliphatic hydroxyl groups excluding tert-OH is 1. The molecule has 2 nitrogen and oxygen atoms in total. The van der Waals surface area contributed by atoms with Crippen LogP contribution in [0.3, 0.4) is 0 Å². The average molecular weight is 232 g/mol. The van der Waals surface area contributed by atoms with E-state index < -0.39 is 15.3 Å². The Morgan fingerprint density at radius 3 is 1.87 bits per heavy atom. The first-order valence-electron chi connectivity index (χ1n) is 5.88. The van der Waals surface area contributed by atoms with E-state index in [4.69, 9.17) is 4.43 Å². The Hall–Kier alpha value is 0.137. The second-order valence-electron chi connectivity index (χ2n) is 6.59. The van der Waals surface area contributed by atoms with Crippen LogP contribution in [0.2, 0.25) is 13.1 Å². The molecule has 0 aromatic carbocycles. The molecule has 0 aliphatic heterocycles. The largest absolute Gasteiger partial charge is 0.396 e. The maximum Gasteiger partial charge on any atom is 0.174 e. The van der Waals surface area contributed by atoms with Gasteiger partial charge in [0.05, 0.1) is 0 Å². The third-order valence-electron chi connectivity index (χ3n) is 2.59. The number of hydrogen-bond donors (Lipinski definition) is 1. The van der Waals surface area contributed by atoms with Crippen LogP contribution in [0.4, 0.5) is 0 Å². The fourth-order valence-corrected chi connectivity index (χ4v) is 2.15. The van der Waals surface area contributed by atoms with E-state index in [1.807, 2.05) is 0 Å². The topological polar surface area (TPSA) is 29.5 Å². The van der Waals surface area contributed by atoms with Gasteiger partial charge in [0.2, 0.25) is 0 Å². The van der Waals surface area contributed by atoms with Crippen LogP contribution in [-0.2, 0) is 4.43 Å². The predicted molar refractivity (Wildman–Crippen MR) is 68.4 cm³/mol. The molecule has 0 radical (unpaired) electrons. The number of hydrogen-bond acceptors (Lipinski definition) is 2. The fraction of sp³-hybridized carbons (Fsp3) is 1.00. The van der Waals surface area contributed by atoms with E-state index >= 15 is 0 Å². The Balaban J connectivity index is 4.16. The Labute approximate surface area is 96.8 Å². The molecule has 0 fully saturated rings. The molecule has 0 amide bonds. The lowest BCUT2D eigenvalue weighted by atomic mass is 9.80. The molecule has 3 heteroatoms. The minimum Gasteiger partial charge on any atom is -0.396 e. The van der Waals surface area contributed by atoms with Crippen LogP contribution < -0.4 is 0 Å². The summed E-state index contributed by atoms with van der Waals surface area (Å²) in [5, 5.41) is 9.96. The van der Waals surface area contributed by atoms with Crippen molar-refractivity contribution >= 4 is 9.04 Å². The highest BCUT2D eigenvalue weighted by Crippen LogP contribution is 2.33. The van der Waals surface area contributed by atoms with Crippen LogP contribution in [0.1, 0.15) is 47.5 Å². The van der Waals surface area contributed by atoms with Gasteiger partial charge in [-0.1, -0.05) is 34.6 Å². The third kappa shape index (κ3) is 7.09. The van der Waals surface area contributed by atoms with E-state index in [1.54, 1.807) is 0 Å². The van der Waals surface area contributed by atoms with Crippen LogP contribution in [0.5, 0.6) is 0 Å². The second kappa shape index (κ2) is 5.46.